The van der Waals surface area contributed by atoms with Crippen LogP contribution < -0.4 is 10.1 Å². The van der Waals surface area contributed by atoms with Crippen LogP contribution in [0.1, 0.15) is 24.6 Å². The Morgan fingerprint density at radius 1 is 1.47 bits per heavy atom. The standard InChI is InChI=1S/C12H18N2O/c1-8-6-11(7-14-8)15-12-4-5-13-10(3)9(12)2/h4-5,8,11,14H,6-7H2,1-3H3/t8-,11+/m0/s1. The molecule has 3 heteroatoms. The van der Waals surface area contributed by atoms with Gasteiger partial charge in [0.2, 0.25) is 0 Å². The number of ether oxygens (including phenoxy) is 1. The number of pyridine rings is 1. The third kappa shape index (κ3) is 2.29. The highest BCUT2D eigenvalue weighted by Crippen LogP contribution is 2.22. The normalized spacial score (nSPS) is 25.5. The van der Waals surface area contributed by atoms with Crippen molar-refractivity contribution in [1.82, 2.24) is 10.3 Å². The van der Waals surface area contributed by atoms with Crippen LogP contribution in [0.4, 0.5) is 0 Å². The highest BCUT2D eigenvalue weighted by atomic mass is 16.5. The monoisotopic (exact) mass is 206 g/mol. The second kappa shape index (κ2) is 4.19. The molecule has 2 atom stereocenters. The van der Waals surface area contributed by atoms with Crippen LogP contribution in [0.3, 0.4) is 0 Å². The molecular weight excluding hydrogens is 188 g/mol. The maximum atomic E-state index is 5.95. The van der Waals surface area contributed by atoms with E-state index in [0.29, 0.717) is 12.1 Å². The molecule has 2 heterocycles. The van der Waals surface area contributed by atoms with Crippen molar-refractivity contribution in [3.05, 3.63) is 23.5 Å². The van der Waals surface area contributed by atoms with Crippen LogP contribution in [0.15, 0.2) is 12.3 Å². The Bertz CT molecular complexity index is 351. The average Bonchev–Trinajstić information content (AvgIpc) is 2.59. The SMILES string of the molecule is Cc1nccc(O[C@H]2CN[C@@H](C)C2)c1C. The van der Waals surface area contributed by atoms with Gasteiger partial charge in [-0.1, -0.05) is 0 Å². The predicted octanol–water partition coefficient (Wildman–Crippen LogP) is 1.83. The average molecular weight is 206 g/mol. The summed E-state index contributed by atoms with van der Waals surface area (Å²) in [6, 6.07) is 2.52. The van der Waals surface area contributed by atoms with E-state index in [0.717, 1.165) is 30.0 Å². The van der Waals surface area contributed by atoms with Crippen LogP contribution in [0.5, 0.6) is 5.75 Å². The van der Waals surface area contributed by atoms with Gasteiger partial charge in [-0.25, -0.2) is 0 Å². The molecule has 0 aromatic carbocycles. The molecule has 3 nitrogen and oxygen atoms in total. The fourth-order valence-electron chi connectivity index (χ4n) is 1.91. The van der Waals surface area contributed by atoms with E-state index in [1.165, 1.54) is 0 Å². The first-order chi connectivity index (χ1) is 7.16. The second-order valence-electron chi connectivity index (χ2n) is 4.30. The summed E-state index contributed by atoms with van der Waals surface area (Å²) in [5, 5.41) is 3.38. The summed E-state index contributed by atoms with van der Waals surface area (Å²) in [7, 11) is 0. The van der Waals surface area contributed by atoms with Gasteiger partial charge in [0.05, 0.1) is 0 Å². The lowest BCUT2D eigenvalue weighted by atomic mass is 10.2. The van der Waals surface area contributed by atoms with Crippen molar-refractivity contribution < 1.29 is 4.74 Å². The molecule has 1 aliphatic rings. The summed E-state index contributed by atoms with van der Waals surface area (Å²) >= 11 is 0. The largest absolute Gasteiger partial charge is 0.489 e. The number of rotatable bonds is 2. The molecule has 1 saturated heterocycles. The van der Waals surface area contributed by atoms with E-state index in [2.05, 4.69) is 24.1 Å². The van der Waals surface area contributed by atoms with Crippen LogP contribution in [0, 0.1) is 13.8 Å². The van der Waals surface area contributed by atoms with Gasteiger partial charge in [-0.15, -0.1) is 0 Å². The van der Waals surface area contributed by atoms with Gasteiger partial charge in [0.15, 0.2) is 0 Å². The van der Waals surface area contributed by atoms with Crippen molar-refractivity contribution in [3.8, 4) is 5.75 Å². The fraction of sp³-hybridized carbons (Fsp3) is 0.583. The number of nitrogens with one attached hydrogen (secondary N) is 1. The highest BCUT2D eigenvalue weighted by Gasteiger charge is 2.22. The lowest BCUT2D eigenvalue weighted by Crippen LogP contribution is -2.21. The molecule has 1 aliphatic heterocycles. The fourth-order valence-corrected chi connectivity index (χ4v) is 1.91. The van der Waals surface area contributed by atoms with Crippen molar-refractivity contribution in [1.29, 1.82) is 0 Å². The van der Waals surface area contributed by atoms with Gasteiger partial charge in [0.25, 0.3) is 0 Å². The topological polar surface area (TPSA) is 34.1 Å². The minimum atomic E-state index is 0.306. The summed E-state index contributed by atoms with van der Waals surface area (Å²) < 4.78 is 5.95. The zero-order valence-corrected chi connectivity index (χ0v) is 9.58. The first kappa shape index (κ1) is 10.4. The Labute approximate surface area is 90.9 Å². The Kier molecular flexibility index (Phi) is 2.91. The van der Waals surface area contributed by atoms with Gasteiger partial charge in [-0.05, 0) is 26.8 Å². The van der Waals surface area contributed by atoms with E-state index in [1.54, 1.807) is 0 Å². The van der Waals surface area contributed by atoms with Crippen molar-refractivity contribution in [2.75, 3.05) is 6.54 Å². The van der Waals surface area contributed by atoms with Crippen LogP contribution in [0.25, 0.3) is 0 Å². The molecule has 0 radical (unpaired) electrons. The Morgan fingerprint density at radius 3 is 2.93 bits per heavy atom. The van der Waals surface area contributed by atoms with Gasteiger partial charge >= 0.3 is 0 Å². The molecule has 15 heavy (non-hydrogen) atoms. The lowest BCUT2D eigenvalue weighted by Gasteiger charge is -2.15. The molecule has 0 aliphatic carbocycles. The Balaban J connectivity index is 2.07. The van der Waals surface area contributed by atoms with E-state index in [4.69, 9.17) is 4.74 Å². The molecule has 2 rings (SSSR count). The van der Waals surface area contributed by atoms with Crippen LogP contribution in [0.2, 0.25) is 0 Å². The van der Waals surface area contributed by atoms with Gasteiger partial charge in [0, 0.05) is 36.5 Å². The molecule has 1 N–H and O–H groups in total. The first-order valence-corrected chi connectivity index (χ1v) is 5.49. The number of hydrogen-bond acceptors (Lipinski definition) is 3. The van der Waals surface area contributed by atoms with Crippen molar-refractivity contribution in [2.24, 2.45) is 0 Å². The van der Waals surface area contributed by atoms with E-state index >= 15 is 0 Å². The summed E-state index contributed by atoms with van der Waals surface area (Å²) in [4.78, 5) is 4.23. The summed E-state index contributed by atoms with van der Waals surface area (Å²) in [5.41, 5.74) is 2.20. The minimum absolute atomic E-state index is 0.306. The summed E-state index contributed by atoms with van der Waals surface area (Å²) in [5.74, 6) is 0.975. The highest BCUT2D eigenvalue weighted by molar-refractivity contribution is 5.34. The zero-order valence-electron chi connectivity index (χ0n) is 9.58. The van der Waals surface area contributed by atoms with E-state index in [1.807, 2.05) is 19.2 Å². The minimum Gasteiger partial charge on any atom is -0.489 e. The molecular formula is C12H18N2O. The number of hydrogen-bond donors (Lipinski definition) is 1. The molecule has 0 saturated carbocycles. The van der Waals surface area contributed by atoms with Crippen molar-refractivity contribution in [3.63, 3.8) is 0 Å². The first-order valence-electron chi connectivity index (χ1n) is 5.49. The third-order valence-corrected chi connectivity index (χ3v) is 3.01. The second-order valence-corrected chi connectivity index (χ2v) is 4.30. The Morgan fingerprint density at radius 2 is 2.27 bits per heavy atom. The van der Waals surface area contributed by atoms with E-state index in [9.17, 15) is 0 Å². The Hall–Kier alpha value is -1.09. The van der Waals surface area contributed by atoms with Gasteiger partial charge in [-0.2, -0.15) is 0 Å². The summed E-state index contributed by atoms with van der Waals surface area (Å²) in [6.45, 7) is 7.21. The van der Waals surface area contributed by atoms with Gasteiger partial charge in [0.1, 0.15) is 11.9 Å². The number of aryl methyl sites for hydroxylation is 1. The maximum Gasteiger partial charge on any atom is 0.126 e. The quantitative estimate of drug-likeness (QED) is 0.801. The number of nitrogens with zero attached hydrogens (tertiary/aromatic N) is 1. The summed E-state index contributed by atoms with van der Waals surface area (Å²) in [6.07, 6.45) is 3.20. The molecule has 0 bridgehead atoms. The molecule has 1 fully saturated rings. The van der Waals surface area contributed by atoms with Crippen molar-refractivity contribution in [2.45, 2.75) is 39.3 Å². The van der Waals surface area contributed by atoms with E-state index in [-0.39, 0.29) is 0 Å². The van der Waals surface area contributed by atoms with Crippen molar-refractivity contribution >= 4 is 0 Å². The molecule has 0 amide bonds. The maximum absolute atomic E-state index is 5.95. The molecule has 0 spiro atoms. The van der Waals surface area contributed by atoms with Gasteiger partial charge in [-0.3, -0.25) is 4.98 Å². The van der Waals surface area contributed by atoms with Crippen LogP contribution in [-0.4, -0.2) is 23.7 Å². The lowest BCUT2D eigenvalue weighted by molar-refractivity contribution is 0.218. The van der Waals surface area contributed by atoms with Gasteiger partial charge < -0.3 is 10.1 Å². The molecule has 1 aromatic rings. The number of aromatic nitrogens is 1. The third-order valence-electron chi connectivity index (χ3n) is 3.01. The predicted molar refractivity (Wildman–Crippen MR) is 60.2 cm³/mol. The van der Waals surface area contributed by atoms with Crippen LogP contribution >= 0.6 is 0 Å². The van der Waals surface area contributed by atoms with Crippen LogP contribution in [-0.2, 0) is 0 Å². The molecule has 0 unspecified atom stereocenters. The smallest absolute Gasteiger partial charge is 0.126 e. The van der Waals surface area contributed by atoms with E-state index < -0.39 is 0 Å². The zero-order chi connectivity index (χ0) is 10.8. The molecule has 82 valence electrons. The molecule has 1 aromatic heterocycles.